The van der Waals surface area contributed by atoms with Gasteiger partial charge in [-0.05, 0) is 37.6 Å². The van der Waals surface area contributed by atoms with Crippen LogP contribution in [0.4, 0.5) is 17.2 Å². The predicted molar refractivity (Wildman–Crippen MR) is 104 cm³/mol. The summed E-state index contributed by atoms with van der Waals surface area (Å²) in [7, 11) is -3.16. The molecule has 6 N–H and O–H groups in total. The smallest absolute Gasteiger partial charge is 0.269 e. The van der Waals surface area contributed by atoms with E-state index < -0.39 is 27.8 Å². The molecule has 0 spiro atoms. The maximum atomic E-state index is 11.7. The number of hydrogen-bond donors (Lipinski definition) is 4. The van der Waals surface area contributed by atoms with Crippen LogP contribution in [-0.2, 0) is 9.84 Å². The van der Waals surface area contributed by atoms with E-state index in [2.05, 4.69) is 20.6 Å². The van der Waals surface area contributed by atoms with Gasteiger partial charge in [-0.15, -0.1) is 0 Å². The van der Waals surface area contributed by atoms with E-state index in [4.69, 9.17) is 11.5 Å². The summed E-state index contributed by atoms with van der Waals surface area (Å²) in [6, 6.07) is 4.46. The number of hydrogen-bond acceptors (Lipinski definition) is 8. The standard InChI is InChI=1S/C17H22N6O3S/c1-9-3-10(2)21-15(4-9)23-13-5-11(6-20-16(13)17(19)24)22-14-8-27(25,26)7-12(14)18/h3-6,12,14,22H,7-8,18H2,1-2H3,(H2,19,24)(H,21,23)/t12-,14-/m0/s1. The van der Waals surface area contributed by atoms with Crippen LogP contribution in [0.5, 0.6) is 0 Å². The average Bonchev–Trinajstić information content (AvgIpc) is 2.78. The second kappa shape index (κ2) is 7.12. The monoisotopic (exact) mass is 390 g/mol. The van der Waals surface area contributed by atoms with Gasteiger partial charge in [0.2, 0.25) is 0 Å². The summed E-state index contributed by atoms with van der Waals surface area (Å²) in [6.07, 6.45) is 1.43. The van der Waals surface area contributed by atoms with Crippen LogP contribution in [0.1, 0.15) is 21.7 Å². The van der Waals surface area contributed by atoms with Crippen molar-refractivity contribution in [3.05, 3.63) is 41.3 Å². The zero-order chi connectivity index (χ0) is 19.8. The molecule has 3 heterocycles. The number of carbonyl (C=O) groups is 1. The highest BCUT2D eigenvalue weighted by molar-refractivity contribution is 7.91. The summed E-state index contributed by atoms with van der Waals surface area (Å²) in [5.74, 6) is -0.245. The lowest BCUT2D eigenvalue weighted by Crippen LogP contribution is -2.38. The Labute approximate surface area is 157 Å². The van der Waals surface area contributed by atoms with Gasteiger partial charge in [-0.3, -0.25) is 4.79 Å². The molecule has 27 heavy (non-hydrogen) atoms. The molecule has 1 aliphatic heterocycles. The first-order chi connectivity index (χ1) is 12.6. The van der Waals surface area contributed by atoms with Crippen LogP contribution < -0.4 is 22.1 Å². The number of primary amides is 1. The van der Waals surface area contributed by atoms with E-state index in [1.165, 1.54) is 6.20 Å². The van der Waals surface area contributed by atoms with Crippen molar-refractivity contribution in [3.8, 4) is 0 Å². The number of aryl methyl sites for hydroxylation is 2. The maximum absolute atomic E-state index is 11.7. The average molecular weight is 390 g/mol. The van der Waals surface area contributed by atoms with E-state index >= 15 is 0 Å². The summed E-state index contributed by atoms with van der Waals surface area (Å²) >= 11 is 0. The van der Waals surface area contributed by atoms with Crippen LogP contribution in [0.2, 0.25) is 0 Å². The van der Waals surface area contributed by atoms with Gasteiger partial charge >= 0.3 is 0 Å². The molecule has 1 amide bonds. The molecule has 0 aromatic carbocycles. The van der Waals surface area contributed by atoms with E-state index in [0.717, 1.165) is 11.3 Å². The minimum atomic E-state index is -3.16. The van der Waals surface area contributed by atoms with Crippen molar-refractivity contribution in [2.24, 2.45) is 11.5 Å². The van der Waals surface area contributed by atoms with Gasteiger partial charge in [0.05, 0.1) is 35.1 Å². The fourth-order valence-electron chi connectivity index (χ4n) is 3.12. The number of sulfone groups is 1. The summed E-state index contributed by atoms with van der Waals surface area (Å²) < 4.78 is 23.5. The lowest BCUT2D eigenvalue weighted by Gasteiger charge is -2.18. The molecule has 2 aromatic rings. The van der Waals surface area contributed by atoms with Crippen LogP contribution in [0.3, 0.4) is 0 Å². The number of aromatic nitrogens is 2. The minimum absolute atomic E-state index is 0.0485. The van der Waals surface area contributed by atoms with Gasteiger partial charge in [0, 0.05) is 11.7 Å². The van der Waals surface area contributed by atoms with E-state index in [1.54, 1.807) is 6.07 Å². The lowest BCUT2D eigenvalue weighted by molar-refractivity contribution is 0.0996. The minimum Gasteiger partial charge on any atom is -0.378 e. The number of nitrogens with two attached hydrogens (primary N) is 2. The third kappa shape index (κ3) is 4.52. The molecule has 2 atom stereocenters. The quantitative estimate of drug-likeness (QED) is 0.575. The molecule has 1 aliphatic rings. The van der Waals surface area contributed by atoms with Gasteiger partial charge in [-0.2, -0.15) is 0 Å². The number of carbonyl (C=O) groups excluding carboxylic acids is 1. The first kappa shape index (κ1) is 19.1. The molecule has 1 fully saturated rings. The van der Waals surface area contributed by atoms with Crippen LogP contribution in [0.15, 0.2) is 24.4 Å². The molecular weight excluding hydrogens is 368 g/mol. The van der Waals surface area contributed by atoms with Crippen molar-refractivity contribution in [2.45, 2.75) is 25.9 Å². The Balaban J connectivity index is 1.90. The molecule has 144 valence electrons. The molecular formula is C17H22N6O3S. The van der Waals surface area contributed by atoms with Crippen LogP contribution in [0.25, 0.3) is 0 Å². The van der Waals surface area contributed by atoms with E-state index in [9.17, 15) is 13.2 Å². The first-order valence-electron chi connectivity index (χ1n) is 8.38. The molecule has 9 nitrogen and oxygen atoms in total. The molecule has 0 bridgehead atoms. The summed E-state index contributed by atoms with van der Waals surface area (Å²) in [4.78, 5) is 20.2. The maximum Gasteiger partial charge on any atom is 0.269 e. The van der Waals surface area contributed by atoms with E-state index in [1.807, 2.05) is 26.0 Å². The summed E-state index contributed by atoms with van der Waals surface area (Å²) in [5.41, 5.74) is 14.1. The first-order valence-corrected chi connectivity index (χ1v) is 10.2. The van der Waals surface area contributed by atoms with E-state index in [0.29, 0.717) is 17.2 Å². The van der Waals surface area contributed by atoms with Crippen molar-refractivity contribution in [1.82, 2.24) is 9.97 Å². The molecule has 0 aliphatic carbocycles. The fourth-order valence-corrected chi connectivity index (χ4v) is 4.95. The zero-order valence-corrected chi connectivity index (χ0v) is 15.9. The van der Waals surface area contributed by atoms with Crippen molar-refractivity contribution >= 4 is 32.9 Å². The number of pyridine rings is 2. The summed E-state index contributed by atoms with van der Waals surface area (Å²) in [6.45, 7) is 3.80. The Bertz CT molecular complexity index is 972. The third-order valence-corrected chi connectivity index (χ3v) is 5.99. The Morgan fingerprint density at radius 2 is 1.96 bits per heavy atom. The molecule has 0 unspecified atom stereocenters. The van der Waals surface area contributed by atoms with Crippen molar-refractivity contribution in [2.75, 3.05) is 22.1 Å². The lowest BCUT2D eigenvalue weighted by atomic mass is 10.1. The number of rotatable bonds is 5. The van der Waals surface area contributed by atoms with Gasteiger partial charge in [-0.25, -0.2) is 18.4 Å². The molecule has 1 saturated heterocycles. The second-order valence-corrected chi connectivity index (χ2v) is 8.93. The van der Waals surface area contributed by atoms with Crippen molar-refractivity contribution < 1.29 is 13.2 Å². The topological polar surface area (TPSA) is 153 Å². The third-order valence-electron chi connectivity index (χ3n) is 4.23. The number of amides is 1. The largest absolute Gasteiger partial charge is 0.378 e. The SMILES string of the molecule is Cc1cc(C)nc(Nc2cc(N[C@H]3CS(=O)(=O)C[C@@H]3N)cnc2C(N)=O)c1. The number of anilines is 3. The molecule has 2 aromatic heterocycles. The van der Waals surface area contributed by atoms with Crippen LogP contribution in [-0.4, -0.2) is 47.9 Å². The van der Waals surface area contributed by atoms with Gasteiger partial charge in [0.1, 0.15) is 5.82 Å². The highest BCUT2D eigenvalue weighted by Gasteiger charge is 2.35. The second-order valence-electron chi connectivity index (χ2n) is 6.77. The van der Waals surface area contributed by atoms with E-state index in [-0.39, 0.29) is 17.2 Å². The van der Waals surface area contributed by atoms with Gasteiger partial charge in [0.25, 0.3) is 5.91 Å². The fraction of sp³-hybridized carbons (Fsp3) is 0.353. The highest BCUT2D eigenvalue weighted by Crippen LogP contribution is 2.24. The van der Waals surface area contributed by atoms with Crippen molar-refractivity contribution in [1.29, 1.82) is 0 Å². The van der Waals surface area contributed by atoms with Crippen LogP contribution >= 0.6 is 0 Å². The van der Waals surface area contributed by atoms with Gasteiger partial charge in [0.15, 0.2) is 15.5 Å². The zero-order valence-electron chi connectivity index (χ0n) is 15.1. The Morgan fingerprint density at radius 1 is 1.22 bits per heavy atom. The number of nitrogens with one attached hydrogen (secondary N) is 2. The van der Waals surface area contributed by atoms with Gasteiger partial charge in [-0.1, -0.05) is 0 Å². The molecule has 10 heteroatoms. The predicted octanol–water partition coefficient (Wildman–Crippen LogP) is 0.472. The summed E-state index contributed by atoms with van der Waals surface area (Å²) in [5, 5.41) is 6.15. The number of nitrogens with zero attached hydrogens (tertiary/aromatic N) is 2. The van der Waals surface area contributed by atoms with Gasteiger partial charge < -0.3 is 22.1 Å². The Kier molecular flexibility index (Phi) is 5.03. The van der Waals surface area contributed by atoms with Crippen LogP contribution in [0, 0.1) is 13.8 Å². The molecule has 3 rings (SSSR count). The Morgan fingerprint density at radius 3 is 2.56 bits per heavy atom. The molecule has 0 saturated carbocycles. The highest BCUT2D eigenvalue weighted by atomic mass is 32.2. The normalized spacial score (nSPS) is 21.0. The van der Waals surface area contributed by atoms with Crippen molar-refractivity contribution in [3.63, 3.8) is 0 Å². The Hall–Kier alpha value is -2.72. The molecule has 0 radical (unpaired) electrons.